The highest BCUT2D eigenvalue weighted by Crippen LogP contribution is 2.36. The van der Waals surface area contributed by atoms with E-state index >= 15 is 0 Å². The van der Waals surface area contributed by atoms with E-state index in [1.807, 2.05) is 6.07 Å². The molecule has 1 fully saturated rings. The van der Waals surface area contributed by atoms with Gasteiger partial charge in [-0.05, 0) is 30.0 Å². The predicted octanol–water partition coefficient (Wildman–Crippen LogP) is 2.86. The summed E-state index contributed by atoms with van der Waals surface area (Å²) >= 11 is 0. The van der Waals surface area contributed by atoms with Crippen LogP contribution in [0.25, 0.3) is 0 Å². The van der Waals surface area contributed by atoms with Crippen LogP contribution in [0, 0.1) is 16.7 Å². The molecule has 1 aliphatic rings. The van der Waals surface area contributed by atoms with Crippen molar-refractivity contribution in [1.29, 1.82) is 10.7 Å². The van der Waals surface area contributed by atoms with Crippen molar-refractivity contribution in [2.45, 2.75) is 25.0 Å². The first-order chi connectivity index (χ1) is 16.7. The maximum absolute atomic E-state index is 12.6. The van der Waals surface area contributed by atoms with Crippen molar-refractivity contribution in [3.8, 4) is 6.07 Å². The van der Waals surface area contributed by atoms with E-state index in [0.29, 0.717) is 11.1 Å². The van der Waals surface area contributed by atoms with Gasteiger partial charge in [0, 0.05) is 38.3 Å². The Kier molecular flexibility index (Phi) is 9.29. The summed E-state index contributed by atoms with van der Waals surface area (Å²) in [6.07, 6.45) is -15.0. The lowest BCUT2D eigenvalue weighted by Crippen LogP contribution is -2.52. The third kappa shape index (κ3) is 8.15. The van der Waals surface area contributed by atoms with E-state index in [1.165, 1.54) is 24.4 Å². The molecule has 0 aliphatic carbocycles. The SMILES string of the molecule is N#Cc1ccc(CN2CCN(C(=O)OC(C(F)(F)F)C(F)(F)F)CC2)c(C(=N)/C=C\NCC(=O)O)c1. The Hall–Kier alpha value is -3.80. The highest BCUT2D eigenvalue weighted by molar-refractivity contribution is 6.07. The number of alkyl halides is 6. The number of aliphatic carboxylic acids is 1. The molecule has 3 N–H and O–H groups in total. The van der Waals surface area contributed by atoms with Gasteiger partial charge >= 0.3 is 24.4 Å². The fraction of sp³-hybridized carbons (Fsp3) is 0.429. The van der Waals surface area contributed by atoms with Crippen molar-refractivity contribution < 1.29 is 45.8 Å². The zero-order valence-electron chi connectivity index (χ0n) is 18.5. The third-order valence-corrected chi connectivity index (χ3v) is 4.99. The Labute approximate surface area is 201 Å². The Bertz CT molecular complexity index is 1030. The van der Waals surface area contributed by atoms with Crippen LogP contribution in [0.5, 0.6) is 0 Å². The van der Waals surface area contributed by atoms with Crippen molar-refractivity contribution in [3.63, 3.8) is 0 Å². The number of nitrogens with one attached hydrogen (secondary N) is 2. The van der Waals surface area contributed by atoms with E-state index in [9.17, 15) is 35.9 Å². The molecule has 0 spiro atoms. The lowest BCUT2D eigenvalue weighted by molar-refractivity contribution is -0.308. The summed E-state index contributed by atoms with van der Waals surface area (Å²) in [4.78, 5) is 25.0. The van der Waals surface area contributed by atoms with Gasteiger partial charge in [-0.1, -0.05) is 6.07 Å². The summed E-state index contributed by atoms with van der Waals surface area (Å²) in [5, 5.41) is 28.5. The number of halogens is 6. The van der Waals surface area contributed by atoms with Crippen LogP contribution in [0.1, 0.15) is 16.7 Å². The van der Waals surface area contributed by atoms with Gasteiger partial charge in [0.25, 0.3) is 6.10 Å². The quantitative estimate of drug-likeness (QED) is 0.354. The molecular weight excluding hydrogens is 500 g/mol. The number of benzene rings is 1. The third-order valence-electron chi connectivity index (χ3n) is 4.99. The summed E-state index contributed by atoms with van der Waals surface area (Å²) < 4.78 is 79.6. The highest BCUT2D eigenvalue weighted by atomic mass is 19.4. The Balaban J connectivity index is 2.04. The topological polar surface area (TPSA) is 130 Å². The number of carbonyl (C=O) groups is 2. The van der Waals surface area contributed by atoms with Crippen LogP contribution in [-0.4, -0.2) is 83.9 Å². The summed E-state index contributed by atoms with van der Waals surface area (Å²) in [6, 6.07) is 6.51. The van der Waals surface area contributed by atoms with Gasteiger partial charge < -0.3 is 25.5 Å². The molecule has 0 bridgehead atoms. The monoisotopic (exact) mass is 521 g/mol. The standard InChI is InChI=1S/C21H21F6N5O4/c22-20(23,24)18(21(25,26)27)36-19(35)32-7-5-31(6-8-32)12-14-2-1-13(10-28)9-15(14)16(29)3-4-30-11-17(33)34/h1-4,9,18,29-30H,5-8,11-12H2,(H,33,34)/b4-3-,29-16?. The molecule has 0 atom stereocenters. The minimum absolute atomic E-state index is 0.0347. The molecule has 1 aliphatic heterocycles. The van der Waals surface area contributed by atoms with Crippen LogP contribution in [-0.2, 0) is 16.1 Å². The van der Waals surface area contributed by atoms with Crippen molar-refractivity contribution in [2.75, 3.05) is 32.7 Å². The van der Waals surface area contributed by atoms with Gasteiger partial charge in [0.1, 0.15) is 6.54 Å². The van der Waals surface area contributed by atoms with Gasteiger partial charge in [-0.15, -0.1) is 0 Å². The van der Waals surface area contributed by atoms with Crippen molar-refractivity contribution >= 4 is 17.8 Å². The number of carboxylic acids is 1. The summed E-state index contributed by atoms with van der Waals surface area (Å²) in [6.45, 7) is -0.349. The second kappa shape index (κ2) is 11.8. The smallest absolute Gasteiger partial charge is 0.434 e. The molecule has 0 aromatic heterocycles. The van der Waals surface area contributed by atoms with Crippen molar-refractivity contribution in [1.82, 2.24) is 15.1 Å². The van der Waals surface area contributed by atoms with E-state index in [2.05, 4.69) is 10.1 Å². The minimum atomic E-state index is -5.80. The van der Waals surface area contributed by atoms with E-state index in [0.717, 1.165) is 4.90 Å². The Morgan fingerprint density at radius 1 is 1.17 bits per heavy atom. The number of nitrogens with zero attached hydrogens (tertiary/aromatic N) is 3. The second-order valence-corrected chi connectivity index (χ2v) is 7.62. The second-order valence-electron chi connectivity index (χ2n) is 7.62. The van der Waals surface area contributed by atoms with E-state index < -0.39 is 30.5 Å². The molecule has 1 aromatic carbocycles. The van der Waals surface area contributed by atoms with Gasteiger partial charge in [-0.3, -0.25) is 9.69 Å². The van der Waals surface area contributed by atoms with Crippen LogP contribution in [0.2, 0.25) is 0 Å². The number of allylic oxidation sites excluding steroid dienone is 1. The van der Waals surface area contributed by atoms with E-state index in [-0.39, 0.29) is 50.5 Å². The fourth-order valence-electron chi connectivity index (χ4n) is 3.24. The maximum Gasteiger partial charge on any atom is 0.434 e. The number of hydrogen-bond donors (Lipinski definition) is 3. The summed E-state index contributed by atoms with van der Waals surface area (Å²) in [7, 11) is 0. The lowest BCUT2D eigenvalue weighted by Gasteiger charge is -2.35. The summed E-state index contributed by atoms with van der Waals surface area (Å²) in [5.74, 6) is -1.10. The molecule has 15 heteroatoms. The number of carboxylic acid groups (broad SMARTS) is 1. The predicted molar refractivity (Wildman–Crippen MR) is 112 cm³/mol. The lowest BCUT2D eigenvalue weighted by atomic mass is 9.99. The van der Waals surface area contributed by atoms with Gasteiger partial charge in [0.05, 0.1) is 17.3 Å². The average Bonchev–Trinajstić information content (AvgIpc) is 2.79. The molecule has 1 saturated heterocycles. The van der Waals surface area contributed by atoms with Gasteiger partial charge in [0.15, 0.2) is 0 Å². The van der Waals surface area contributed by atoms with Crippen LogP contribution >= 0.6 is 0 Å². The Morgan fingerprint density at radius 3 is 2.31 bits per heavy atom. The zero-order valence-corrected chi connectivity index (χ0v) is 18.5. The van der Waals surface area contributed by atoms with Crippen molar-refractivity contribution in [3.05, 3.63) is 47.2 Å². The number of hydrogen-bond acceptors (Lipinski definition) is 7. The number of piperazine rings is 1. The first-order valence-corrected chi connectivity index (χ1v) is 10.3. The molecule has 1 amide bonds. The van der Waals surface area contributed by atoms with Crippen molar-refractivity contribution in [2.24, 2.45) is 0 Å². The number of ether oxygens (including phenoxy) is 1. The Morgan fingerprint density at radius 2 is 1.78 bits per heavy atom. The van der Waals surface area contributed by atoms with E-state index in [4.69, 9.17) is 15.8 Å². The largest absolute Gasteiger partial charge is 0.480 e. The van der Waals surface area contributed by atoms with Crippen LogP contribution in [0.4, 0.5) is 31.1 Å². The zero-order chi connectivity index (χ0) is 27.1. The molecule has 0 radical (unpaired) electrons. The molecule has 9 nitrogen and oxygen atoms in total. The molecule has 0 saturated carbocycles. The molecule has 1 aromatic rings. The van der Waals surface area contributed by atoms with Crippen LogP contribution < -0.4 is 5.32 Å². The molecule has 1 heterocycles. The molecule has 196 valence electrons. The molecule has 36 heavy (non-hydrogen) atoms. The maximum atomic E-state index is 12.6. The summed E-state index contributed by atoms with van der Waals surface area (Å²) in [5.41, 5.74) is 1.18. The van der Waals surface area contributed by atoms with Gasteiger partial charge in [-0.2, -0.15) is 31.6 Å². The van der Waals surface area contributed by atoms with Gasteiger partial charge in [-0.25, -0.2) is 4.79 Å². The van der Waals surface area contributed by atoms with Gasteiger partial charge in [0.2, 0.25) is 0 Å². The van der Waals surface area contributed by atoms with E-state index in [1.54, 1.807) is 11.0 Å². The highest BCUT2D eigenvalue weighted by Gasteiger charge is 2.60. The number of amides is 1. The number of nitriles is 1. The molecule has 2 rings (SSSR count). The molecule has 0 unspecified atom stereocenters. The minimum Gasteiger partial charge on any atom is -0.480 e. The first kappa shape index (κ1) is 28.4. The van der Waals surface area contributed by atoms with Crippen LogP contribution in [0.3, 0.4) is 0 Å². The molecular formula is C21H21F6N5O4. The van der Waals surface area contributed by atoms with Crippen LogP contribution in [0.15, 0.2) is 30.5 Å². The average molecular weight is 521 g/mol. The first-order valence-electron chi connectivity index (χ1n) is 10.3. The number of carbonyl (C=O) groups excluding carboxylic acids is 1. The number of rotatable bonds is 8. The fourth-order valence-corrected chi connectivity index (χ4v) is 3.24. The normalized spacial score (nSPS) is 15.1.